The highest BCUT2D eigenvalue weighted by Crippen LogP contribution is 2.33. The number of rotatable bonds is 4. The number of hydrogen-bond acceptors (Lipinski definition) is 7. The fraction of sp³-hybridized carbons (Fsp3) is 0.500. The molecule has 10 heteroatoms. The molecule has 10 nitrogen and oxygen atoms in total. The summed E-state index contributed by atoms with van der Waals surface area (Å²) in [7, 11) is 1.87. The lowest BCUT2D eigenvalue weighted by atomic mass is 9.94. The number of aromatic nitrogens is 3. The third-order valence-corrected chi connectivity index (χ3v) is 6.55. The molecule has 2 aromatic rings. The molecule has 0 aromatic carbocycles. The molecule has 0 radical (unpaired) electrons. The van der Waals surface area contributed by atoms with E-state index in [2.05, 4.69) is 31.8 Å². The molecule has 5 rings (SSSR count). The number of carboxylic acid groups (broad SMARTS) is 1. The maximum absolute atomic E-state index is 11.3. The topological polar surface area (TPSA) is 111 Å². The van der Waals surface area contributed by atoms with Crippen LogP contribution in [0.3, 0.4) is 0 Å². The second-order valence-electron chi connectivity index (χ2n) is 8.98. The van der Waals surface area contributed by atoms with Crippen LogP contribution in [0.4, 0.5) is 5.69 Å². The van der Waals surface area contributed by atoms with E-state index in [0.717, 1.165) is 28.2 Å². The van der Waals surface area contributed by atoms with E-state index in [-0.39, 0.29) is 6.10 Å². The van der Waals surface area contributed by atoms with Gasteiger partial charge in [-0.15, -0.1) is 0 Å². The van der Waals surface area contributed by atoms with Crippen LogP contribution in [-0.4, -0.2) is 86.8 Å². The van der Waals surface area contributed by atoms with E-state index in [1.165, 1.54) is 0 Å². The van der Waals surface area contributed by atoms with Crippen molar-refractivity contribution in [3.05, 3.63) is 35.3 Å². The van der Waals surface area contributed by atoms with Gasteiger partial charge in [0.15, 0.2) is 17.9 Å². The Morgan fingerprint density at radius 1 is 1.38 bits per heavy atom. The van der Waals surface area contributed by atoms with Crippen molar-refractivity contribution in [2.24, 2.45) is 7.05 Å². The molecule has 2 aromatic heterocycles. The maximum Gasteiger partial charge on any atom is 0.320 e. The van der Waals surface area contributed by atoms with Gasteiger partial charge in [-0.3, -0.25) is 9.48 Å². The molecule has 0 bridgehead atoms. The summed E-state index contributed by atoms with van der Waals surface area (Å²) in [6.07, 6.45) is 3.69. The van der Waals surface area contributed by atoms with Crippen LogP contribution in [-0.2, 0) is 21.3 Å². The minimum Gasteiger partial charge on any atom is -0.480 e. The summed E-state index contributed by atoms with van der Waals surface area (Å²) in [5.41, 5.74) is 3.87. The average Bonchev–Trinajstić information content (AvgIpc) is 3.38. The number of carboxylic acids is 1. The fourth-order valence-electron chi connectivity index (χ4n) is 4.53. The van der Waals surface area contributed by atoms with Crippen LogP contribution in [0.5, 0.6) is 5.88 Å². The third-order valence-electron chi connectivity index (χ3n) is 6.55. The van der Waals surface area contributed by atoms with Gasteiger partial charge in [0.1, 0.15) is 24.4 Å². The Balaban J connectivity index is 1.51. The van der Waals surface area contributed by atoms with E-state index in [4.69, 9.17) is 14.2 Å². The van der Waals surface area contributed by atoms with Crippen molar-refractivity contribution < 1.29 is 28.7 Å². The first-order valence-electron chi connectivity index (χ1n) is 11.3. The van der Waals surface area contributed by atoms with E-state index >= 15 is 0 Å². The van der Waals surface area contributed by atoms with Crippen molar-refractivity contribution in [2.45, 2.75) is 38.0 Å². The van der Waals surface area contributed by atoms with Crippen LogP contribution >= 0.6 is 0 Å². The maximum atomic E-state index is 11.3. The molecule has 2 atom stereocenters. The number of carbonyl (C=O) groups is 1. The second kappa shape index (κ2) is 8.83. The van der Waals surface area contributed by atoms with Gasteiger partial charge >= 0.3 is 5.97 Å². The van der Waals surface area contributed by atoms with E-state index < -0.39 is 17.6 Å². The first kappa shape index (κ1) is 22.5. The molecular weight excluding hydrogens is 438 g/mol. The summed E-state index contributed by atoms with van der Waals surface area (Å²) in [6.45, 7) is 6.69. The molecule has 0 saturated carbocycles. The second-order valence-corrected chi connectivity index (χ2v) is 8.98. The smallest absolute Gasteiger partial charge is 0.320 e. The summed E-state index contributed by atoms with van der Waals surface area (Å²) < 4.78 is 21.6. The zero-order valence-corrected chi connectivity index (χ0v) is 19.5. The van der Waals surface area contributed by atoms with Crippen LogP contribution in [0.15, 0.2) is 18.5 Å². The highest BCUT2D eigenvalue weighted by Gasteiger charge is 2.51. The quantitative estimate of drug-likeness (QED) is 0.499. The monoisotopic (exact) mass is 466 g/mol. The summed E-state index contributed by atoms with van der Waals surface area (Å²) in [6, 6.07) is 1.35. The number of aryl methyl sites for hydroxylation is 2. The Labute approximate surface area is 197 Å². The Morgan fingerprint density at radius 2 is 2.21 bits per heavy atom. The average molecular weight is 467 g/mol. The molecule has 178 valence electrons. The molecule has 1 spiro atoms. The van der Waals surface area contributed by atoms with Crippen molar-refractivity contribution in [3.8, 4) is 17.7 Å². The van der Waals surface area contributed by atoms with Crippen molar-refractivity contribution in [3.63, 3.8) is 0 Å². The number of nitrogens with zero attached hydrogens (tertiary/aromatic N) is 4. The molecule has 2 saturated heterocycles. The summed E-state index contributed by atoms with van der Waals surface area (Å²) in [5, 5.41) is 16.7. The van der Waals surface area contributed by atoms with Crippen molar-refractivity contribution in [2.75, 3.05) is 32.9 Å². The lowest BCUT2D eigenvalue weighted by Crippen LogP contribution is -2.62. The number of pyridine rings is 1. The molecule has 2 N–H and O–H groups in total. The largest absolute Gasteiger partial charge is 0.480 e. The van der Waals surface area contributed by atoms with Crippen LogP contribution in [0.25, 0.3) is 0 Å². The van der Waals surface area contributed by atoms with Crippen molar-refractivity contribution >= 4 is 17.4 Å². The Hall–Kier alpha value is -3.26. The minimum atomic E-state index is -0.876. The Kier molecular flexibility index (Phi) is 5.85. The molecule has 5 heterocycles. The van der Waals surface area contributed by atoms with Crippen LogP contribution in [0.2, 0.25) is 0 Å². The zero-order chi connectivity index (χ0) is 23.9. The molecule has 34 heavy (non-hydrogen) atoms. The predicted octanol–water partition coefficient (Wildman–Crippen LogP) is 0.621. The number of aliphatic carboxylic acids is 1. The van der Waals surface area contributed by atoms with E-state index in [1.54, 1.807) is 10.9 Å². The SMILES string of the molecule is CC1=[N+](c2cc(C#Cc3nn(C)cc3C)cnc2O[C@@H]2CN[C@H](C(=O)O)C2)CCOC12COC2. The molecule has 2 fully saturated rings. The van der Waals surface area contributed by atoms with Crippen molar-refractivity contribution in [1.29, 1.82) is 0 Å². The first-order chi connectivity index (χ1) is 16.3. The predicted molar refractivity (Wildman–Crippen MR) is 122 cm³/mol. The molecule has 0 unspecified atom stereocenters. The van der Waals surface area contributed by atoms with Gasteiger partial charge in [-0.1, -0.05) is 5.92 Å². The standard InChI is InChI=1S/C24H27N5O5/c1-15-12-28(3)27-19(15)5-4-17-8-21(29-6-7-33-24(16(29)2)13-32-14-24)22(26-10-17)34-18-9-20(23(30)31)25-11-18/h8,10,12,18,20,25H,6-7,9,11,13-14H2,1-3H3/p+1/t18-,20-/m0/s1. The first-order valence-corrected chi connectivity index (χ1v) is 11.3. The van der Waals surface area contributed by atoms with Gasteiger partial charge in [-0.25, -0.2) is 4.98 Å². The van der Waals surface area contributed by atoms with Crippen LogP contribution in [0, 0.1) is 18.8 Å². The highest BCUT2D eigenvalue weighted by atomic mass is 16.6. The van der Waals surface area contributed by atoms with Gasteiger partial charge in [0.05, 0.1) is 18.8 Å². The lowest BCUT2D eigenvalue weighted by Gasteiger charge is -2.41. The van der Waals surface area contributed by atoms with Gasteiger partial charge in [0, 0.05) is 51.0 Å². The highest BCUT2D eigenvalue weighted by molar-refractivity contribution is 5.88. The van der Waals surface area contributed by atoms with E-state index in [9.17, 15) is 9.90 Å². The van der Waals surface area contributed by atoms with Gasteiger partial charge < -0.3 is 24.6 Å². The number of hydrogen-bond donors (Lipinski definition) is 2. The fourth-order valence-corrected chi connectivity index (χ4v) is 4.53. The van der Waals surface area contributed by atoms with Gasteiger partial charge in [-0.2, -0.15) is 9.67 Å². The van der Waals surface area contributed by atoms with E-state index in [1.807, 2.05) is 33.2 Å². The van der Waals surface area contributed by atoms with Crippen LogP contribution < -0.4 is 10.1 Å². The third kappa shape index (κ3) is 4.18. The van der Waals surface area contributed by atoms with Gasteiger partial charge in [0.2, 0.25) is 0 Å². The molecule has 0 amide bonds. The normalized spacial score (nSPS) is 23.4. The number of ether oxygens (including phenoxy) is 3. The summed E-state index contributed by atoms with van der Waals surface area (Å²) in [5.74, 6) is 5.88. The Morgan fingerprint density at radius 3 is 2.85 bits per heavy atom. The van der Waals surface area contributed by atoms with Crippen molar-refractivity contribution in [1.82, 2.24) is 20.1 Å². The lowest BCUT2D eigenvalue weighted by molar-refractivity contribution is -0.473. The Bertz CT molecular complexity index is 1220. The van der Waals surface area contributed by atoms with Gasteiger partial charge in [-0.05, 0) is 12.8 Å². The minimum absolute atomic E-state index is 0.289. The van der Waals surface area contributed by atoms with E-state index in [0.29, 0.717) is 45.2 Å². The molecule has 3 aliphatic rings. The summed E-state index contributed by atoms with van der Waals surface area (Å²) in [4.78, 5) is 15.9. The van der Waals surface area contributed by atoms with Gasteiger partial charge in [0.25, 0.3) is 11.6 Å². The van der Waals surface area contributed by atoms with Crippen LogP contribution in [0.1, 0.15) is 30.2 Å². The number of nitrogens with one attached hydrogen (secondary N) is 1. The molecular formula is C24H28N5O5+. The summed E-state index contributed by atoms with van der Waals surface area (Å²) >= 11 is 0. The zero-order valence-electron chi connectivity index (χ0n) is 19.5. The molecule has 3 aliphatic heterocycles. The molecule has 0 aliphatic carbocycles.